The van der Waals surface area contributed by atoms with Gasteiger partial charge in [-0.15, -0.1) is 0 Å². The van der Waals surface area contributed by atoms with Crippen molar-refractivity contribution in [3.05, 3.63) is 29.8 Å². The predicted octanol–water partition coefficient (Wildman–Crippen LogP) is 2.56. The number of rotatable bonds is 9. The van der Waals surface area contributed by atoms with Crippen LogP contribution in [0.3, 0.4) is 0 Å². The van der Waals surface area contributed by atoms with Gasteiger partial charge in [0, 0.05) is 19.6 Å². The lowest BCUT2D eigenvalue weighted by Crippen LogP contribution is -2.29. The van der Waals surface area contributed by atoms with Crippen LogP contribution in [0.4, 0.5) is 5.95 Å². The molecule has 0 unspecified atom stereocenters. The quantitative estimate of drug-likeness (QED) is 0.705. The van der Waals surface area contributed by atoms with Gasteiger partial charge in [-0.2, -0.15) is 0 Å². The first kappa shape index (κ1) is 17.7. The summed E-state index contributed by atoms with van der Waals surface area (Å²) < 4.78 is 7.64. The van der Waals surface area contributed by atoms with Crippen LogP contribution in [0.15, 0.2) is 24.3 Å². The third kappa shape index (κ3) is 5.42. The Balaban J connectivity index is 1.38. The van der Waals surface area contributed by atoms with E-state index in [1.807, 2.05) is 13.0 Å². The third-order valence-electron chi connectivity index (χ3n) is 4.46. The Morgan fingerprint density at radius 2 is 2.08 bits per heavy atom. The second kappa shape index (κ2) is 9.36. The van der Waals surface area contributed by atoms with E-state index in [1.54, 1.807) is 4.68 Å². The van der Waals surface area contributed by atoms with Crippen LogP contribution in [-0.4, -0.2) is 51.3 Å². The summed E-state index contributed by atoms with van der Waals surface area (Å²) in [6.07, 6.45) is 4.92. The van der Waals surface area contributed by atoms with E-state index in [0.717, 1.165) is 31.8 Å². The van der Waals surface area contributed by atoms with Crippen molar-refractivity contribution < 1.29 is 4.74 Å². The molecular formula is C18H28N6O. The number of nitrogens with one attached hydrogen (secondary N) is 1. The van der Waals surface area contributed by atoms with Gasteiger partial charge in [-0.1, -0.05) is 23.7 Å². The number of nitrogens with zero attached hydrogens (tertiary/aromatic N) is 5. The number of tetrazole rings is 1. The zero-order valence-electron chi connectivity index (χ0n) is 15.0. The molecule has 2 heterocycles. The zero-order valence-corrected chi connectivity index (χ0v) is 15.0. The number of hydrogen-bond donors (Lipinski definition) is 1. The SMILES string of the molecule is CCn1nnnc1NCCCOc1cccc(CN2CCCCC2)c1. The summed E-state index contributed by atoms with van der Waals surface area (Å²) in [5.41, 5.74) is 1.33. The van der Waals surface area contributed by atoms with E-state index in [0.29, 0.717) is 12.6 Å². The Labute approximate surface area is 149 Å². The first-order valence-corrected chi connectivity index (χ1v) is 9.29. The molecule has 136 valence electrons. The Morgan fingerprint density at radius 3 is 2.92 bits per heavy atom. The molecule has 1 saturated heterocycles. The highest BCUT2D eigenvalue weighted by Gasteiger charge is 2.10. The maximum absolute atomic E-state index is 5.89. The zero-order chi connectivity index (χ0) is 17.3. The fourth-order valence-electron chi connectivity index (χ4n) is 3.12. The molecule has 0 radical (unpaired) electrons. The van der Waals surface area contributed by atoms with E-state index in [1.165, 1.54) is 37.9 Å². The van der Waals surface area contributed by atoms with Crippen molar-refractivity contribution in [3.63, 3.8) is 0 Å². The van der Waals surface area contributed by atoms with E-state index < -0.39 is 0 Å². The first-order chi connectivity index (χ1) is 12.3. The molecule has 0 saturated carbocycles. The first-order valence-electron chi connectivity index (χ1n) is 9.29. The lowest BCUT2D eigenvalue weighted by molar-refractivity contribution is 0.220. The lowest BCUT2D eigenvalue weighted by atomic mass is 10.1. The number of hydrogen-bond acceptors (Lipinski definition) is 6. The van der Waals surface area contributed by atoms with Crippen LogP contribution in [-0.2, 0) is 13.1 Å². The number of ether oxygens (including phenoxy) is 1. The number of benzene rings is 1. The minimum absolute atomic E-state index is 0.674. The summed E-state index contributed by atoms with van der Waals surface area (Å²) in [7, 11) is 0. The van der Waals surface area contributed by atoms with Gasteiger partial charge in [0.05, 0.1) is 6.61 Å². The number of likely N-dealkylation sites (tertiary alicyclic amines) is 1. The fraction of sp³-hybridized carbons (Fsp3) is 0.611. The van der Waals surface area contributed by atoms with Gasteiger partial charge in [-0.05, 0) is 67.4 Å². The molecule has 7 heteroatoms. The maximum Gasteiger partial charge on any atom is 0.242 e. The highest BCUT2D eigenvalue weighted by Crippen LogP contribution is 2.17. The molecule has 7 nitrogen and oxygen atoms in total. The Morgan fingerprint density at radius 1 is 1.20 bits per heavy atom. The topological polar surface area (TPSA) is 68.1 Å². The maximum atomic E-state index is 5.89. The second-order valence-electron chi connectivity index (χ2n) is 6.43. The summed E-state index contributed by atoms with van der Waals surface area (Å²) in [6, 6.07) is 8.47. The summed E-state index contributed by atoms with van der Waals surface area (Å²) >= 11 is 0. The summed E-state index contributed by atoms with van der Waals surface area (Å²) in [5, 5.41) is 14.8. The molecule has 1 aromatic heterocycles. The molecule has 0 atom stereocenters. The minimum atomic E-state index is 0.674. The van der Waals surface area contributed by atoms with Crippen molar-refractivity contribution >= 4 is 5.95 Å². The predicted molar refractivity (Wildman–Crippen MR) is 97.7 cm³/mol. The van der Waals surface area contributed by atoms with Gasteiger partial charge in [0.1, 0.15) is 5.75 Å². The van der Waals surface area contributed by atoms with Crippen LogP contribution in [0.2, 0.25) is 0 Å². The number of aryl methyl sites for hydroxylation is 1. The van der Waals surface area contributed by atoms with Gasteiger partial charge >= 0.3 is 0 Å². The van der Waals surface area contributed by atoms with Gasteiger partial charge in [0.15, 0.2) is 0 Å². The van der Waals surface area contributed by atoms with E-state index in [4.69, 9.17) is 4.74 Å². The molecule has 1 N–H and O–H groups in total. The number of anilines is 1. The smallest absolute Gasteiger partial charge is 0.242 e. The van der Waals surface area contributed by atoms with Crippen molar-refractivity contribution in [3.8, 4) is 5.75 Å². The Kier molecular flexibility index (Phi) is 6.62. The standard InChI is InChI=1S/C18H28N6O/c1-2-24-18(20-21-22-24)19-10-7-13-25-17-9-6-8-16(14-17)15-23-11-4-3-5-12-23/h6,8-9,14H,2-5,7,10-13,15H2,1H3,(H,19,20,22). The molecule has 1 aliphatic rings. The van der Waals surface area contributed by atoms with E-state index in [9.17, 15) is 0 Å². The fourth-order valence-corrected chi connectivity index (χ4v) is 3.12. The molecule has 0 spiro atoms. The van der Waals surface area contributed by atoms with Gasteiger partial charge in [-0.3, -0.25) is 4.90 Å². The van der Waals surface area contributed by atoms with Gasteiger partial charge < -0.3 is 10.1 Å². The van der Waals surface area contributed by atoms with Crippen molar-refractivity contribution in [1.82, 2.24) is 25.1 Å². The number of aromatic nitrogens is 4. The summed E-state index contributed by atoms with van der Waals surface area (Å²) in [6.45, 7) is 7.69. The van der Waals surface area contributed by atoms with Crippen molar-refractivity contribution in [2.75, 3.05) is 31.6 Å². The molecule has 1 aliphatic heterocycles. The molecule has 1 fully saturated rings. The Bertz CT molecular complexity index is 638. The molecule has 3 rings (SSSR count). The number of piperidine rings is 1. The third-order valence-corrected chi connectivity index (χ3v) is 4.46. The molecule has 25 heavy (non-hydrogen) atoms. The van der Waals surface area contributed by atoms with Crippen LogP contribution in [0.1, 0.15) is 38.2 Å². The highest BCUT2D eigenvalue weighted by molar-refractivity contribution is 5.28. The van der Waals surface area contributed by atoms with E-state index >= 15 is 0 Å². The van der Waals surface area contributed by atoms with Crippen molar-refractivity contribution in [2.24, 2.45) is 0 Å². The van der Waals surface area contributed by atoms with E-state index in [-0.39, 0.29) is 0 Å². The second-order valence-corrected chi connectivity index (χ2v) is 6.43. The molecular weight excluding hydrogens is 316 g/mol. The van der Waals surface area contributed by atoms with Crippen LogP contribution in [0.25, 0.3) is 0 Å². The van der Waals surface area contributed by atoms with Crippen LogP contribution in [0, 0.1) is 0 Å². The van der Waals surface area contributed by atoms with E-state index in [2.05, 4.69) is 43.9 Å². The monoisotopic (exact) mass is 344 g/mol. The normalized spacial score (nSPS) is 15.2. The molecule has 1 aromatic carbocycles. The van der Waals surface area contributed by atoms with Gasteiger partial charge in [-0.25, -0.2) is 4.68 Å². The highest BCUT2D eigenvalue weighted by atomic mass is 16.5. The van der Waals surface area contributed by atoms with Crippen LogP contribution < -0.4 is 10.1 Å². The average molecular weight is 344 g/mol. The molecule has 0 bridgehead atoms. The summed E-state index contributed by atoms with van der Waals surface area (Å²) in [5.74, 6) is 1.67. The minimum Gasteiger partial charge on any atom is -0.494 e. The summed E-state index contributed by atoms with van der Waals surface area (Å²) in [4.78, 5) is 2.53. The lowest BCUT2D eigenvalue weighted by Gasteiger charge is -2.26. The van der Waals surface area contributed by atoms with Crippen molar-refractivity contribution in [2.45, 2.75) is 45.7 Å². The molecule has 2 aromatic rings. The largest absolute Gasteiger partial charge is 0.494 e. The van der Waals surface area contributed by atoms with Crippen LogP contribution >= 0.6 is 0 Å². The van der Waals surface area contributed by atoms with Gasteiger partial charge in [0.25, 0.3) is 0 Å². The van der Waals surface area contributed by atoms with Crippen molar-refractivity contribution in [1.29, 1.82) is 0 Å². The Hall–Kier alpha value is -2.15. The molecule has 0 aliphatic carbocycles. The molecule has 0 amide bonds. The van der Waals surface area contributed by atoms with Gasteiger partial charge in [0.2, 0.25) is 5.95 Å². The average Bonchev–Trinajstić information content (AvgIpc) is 3.10. The van der Waals surface area contributed by atoms with Crippen LogP contribution in [0.5, 0.6) is 5.75 Å².